The number of hydrogen-bond donors (Lipinski definition) is 2. The van der Waals surface area contributed by atoms with Gasteiger partial charge in [0.15, 0.2) is 0 Å². The SMILES string of the molecule is COc1cccc(-c2cc(C(=O)N3C[C@@H](C)[C@H](C(=O)O)C3)[nH]n2)c1. The number of rotatable bonds is 4. The van der Waals surface area contributed by atoms with Crippen molar-refractivity contribution in [1.29, 1.82) is 0 Å². The molecule has 1 aromatic carbocycles. The Bertz CT molecular complexity index is 771. The Kier molecular flexibility index (Phi) is 4.24. The van der Waals surface area contributed by atoms with Gasteiger partial charge < -0.3 is 14.7 Å². The van der Waals surface area contributed by atoms with Crippen LogP contribution in [0, 0.1) is 11.8 Å². The minimum atomic E-state index is -0.862. The topological polar surface area (TPSA) is 95.5 Å². The summed E-state index contributed by atoms with van der Waals surface area (Å²) in [6, 6.07) is 9.08. The van der Waals surface area contributed by atoms with Crippen LogP contribution in [0.1, 0.15) is 17.4 Å². The molecule has 1 aromatic heterocycles. The van der Waals surface area contributed by atoms with Gasteiger partial charge in [-0.25, -0.2) is 0 Å². The van der Waals surface area contributed by atoms with Crippen LogP contribution >= 0.6 is 0 Å². The Hall–Kier alpha value is -2.83. The predicted molar refractivity (Wildman–Crippen MR) is 86.8 cm³/mol. The Labute approximate surface area is 139 Å². The molecule has 126 valence electrons. The Morgan fingerprint density at radius 1 is 1.33 bits per heavy atom. The van der Waals surface area contributed by atoms with Crippen LogP contribution in [0.4, 0.5) is 0 Å². The number of aromatic amines is 1. The molecule has 7 nitrogen and oxygen atoms in total. The van der Waals surface area contributed by atoms with Gasteiger partial charge in [-0.1, -0.05) is 19.1 Å². The Morgan fingerprint density at radius 3 is 2.79 bits per heavy atom. The molecule has 2 aromatic rings. The number of hydrogen-bond acceptors (Lipinski definition) is 4. The molecule has 0 bridgehead atoms. The van der Waals surface area contributed by atoms with Crippen LogP contribution in [0.2, 0.25) is 0 Å². The van der Waals surface area contributed by atoms with Crippen molar-refractivity contribution < 1.29 is 19.4 Å². The molecule has 24 heavy (non-hydrogen) atoms. The third-order valence-corrected chi connectivity index (χ3v) is 4.39. The van der Waals surface area contributed by atoms with E-state index in [9.17, 15) is 14.7 Å². The Morgan fingerprint density at radius 2 is 2.12 bits per heavy atom. The van der Waals surface area contributed by atoms with E-state index in [0.29, 0.717) is 23.7 Å². The number of amides is 1. The highest BCUT2D eigenvalue weighted by atomic mass is 16.5. The van der Waals surface area contributed by atoms with Gasteiger partial charge in [-0.2, -0.15) is 5.10 Å². The van der Waals surface area contributed by atoms with Gasteiger partial charge in [-0.15, -0.1) is 0 Å². The van der Waals surface area contributed by atoms with Crippen molar-refractivity contribution in [3.63, 3.8) is 0 Å². The quantitative estimate of drug-likeness (QED) is 0.893. The summed E-state index contributed by atoms with van der Waals surface area (Å²) in [4.78, 5) is 25.3. The number of aliphatic carboxylic acids is 1. The molecular weight excluding hydrogens is 310 g/mol. The maximum Gasteiger partial charge on any atom is 0.308 e. The van der Waals surface area contributed by atoms with Crippen LogP contribution < -0.4 is 4.74 Å². The normalized spacial score (nSPS) is 20.2. The molecule has 0 radical (unpaired) electrons. The molecule has 2 atom stereocenters. The number of ether oxygens (including phenoxy) is 1. The lowest BCUT2D eigenvalue weighted by atomic mass is 9.99. The van der Waals surface area contributed by atoms with Crippen LogP contribution in [-0.2, 0) is 4.79 Å². The first-order valence-corrected chi connectivity index (χ1v) is 7.71. The van der Waals surface area contributed by atoms with Gasteiger partial charge in [-0.3, -0.25) is 14.7 Å². The predicted octanol–water partition coefficient (Wildman–Crippen LogP) is 1.88. The minimum absolute atomic E-state index is 0.0628. The van der Waals surface area contributed by atoms with Crippen LogP contribution in [0.25, 0.3) is 11.3 Å². The average molecular weight is 329 g/mol. The van der Waals surface area contributed by atoms with Crippen LogP contribution in [0.15, 0.2) is 30.3 Å². The third-order valence-electron chi connectivity index (χ3n) is 4.39. The van der Waals surface area contributed by atoms with Gasteiger partial charge in [0.05, 0.1) is 18.7 Å². The van der Waals surface area contributed by atoms with Gasteiger partial charge in [0.25, 0.3) is 5.91 Å². The second-order valence-corrected chi connectivity index (χ2v) is 6.03. The van der Waals surface area contributed by atoms with Crippen LogP contribution in [0.5, 0.6) is 5.75 Å². The number of nitrogens with one attached hydrogen (secondary N) is 1. The third kappa shape index (κ3) is 2.97. The summed E-state index contributed by atoms with van der Waals surface area (Å²) >= 11 is 0. The van der Waals surface area contributed by atoms with Gasteiger partial charge in [0.2, 0.25) is 0 Å². The lowest BCUT2D eigenvalue weighted by Crippen LogP contribution is -2.30. The molecule has 0 saturated carbocycles. The number of carboxylic acids is 1. The molecule has 0 unspecified atom stereocenters. The largest absolute Gasteiger partial charge is 0.497 e. The van der Waals surface area contributed by atoms with Crippen molar-refractivity contribution in [2.24, 2.45) is 11.8 Å². The number of carbonyl (C=O) groups excluding carboxylic acids is 1. The summed E-state index contributed by atoms with van der Waals surface area (Å²) in [5, 5.41) is 16.1. The van der Waals surface area contributed by atoms with E-state index < -0.39 is 11.9 Å². The number of likely N-dealkylation sites (tertiary alicyclic amines) is 1. The highest BCUT2D eigenvalue weighted by molar-refractivity contribution is 5.94. The van der Waals surface area contributed by atoms with Crippen molar-refractivity contribution in [2.75, 3.05) is 20.2 Å². The maximum absolute atomic E-state index is 12.6. The second kappa shape index (κ2) is 6.35. The first-order chi connectivity index (χ1) is 11.5. The van der Waals surface area contributed by atoms with Crippen molar-refractivity contribution in [3.8, 4) is 17.0 Å². The van der Waals surface area contributed by atoms with Crippen molar-refractivity contribution in [1.82, 2.24) is 15.1 Å². The monoisotopic (exact) mass is 329 g/mol. The van der Waals surface area contributed by atoms with E-state index in [-0.39, 0.29) is 18.4 Å². The fourth-order valence-electron chi connectivity index (χ4n) is 2.99. The Balaban J connectivity index is 1.78. The van der Waals surface area contributed by atoms with E-state index in [1.807, 2.05) is 31.2 Å². The number of carbonyl (C=O) groups is 2. The zero-order valence-corrected chi connectivity index (χ0v) is 13.5. The molecule has 1 aliphatic heterocycles. The summed E-state index contributed by atoms with van der Waals surface area (Å²) in [5.41, 5.74) is 1.83. The first kappa shape index (κ1) is 16.0. The van der Waals surface area contributed by atoms with E-state index in [4.69, 9.17) is 4.74 Å². The van der Waals surface area contributed by atoms with Crippen molar-refractivity contribution >= 4 is 11.9 Å². The van der Waals surface area contributed by atoms with E-state index >= 15 is 0 Å². The summed E-state index contributed by atoms with van der Waals surface area (Å²) in [6.07, 6.45) is 0. The fraction of sp³-hybridized carbons (Fsp3) is 0.353. The molecular formula is C17H19N3O4. The van der Waals surface area contributed by atoms with E-state index in [1.54, 1.807) is 18.1 Å². The average Bonchev–Trinajstić information content (AvgIpc) is 3.21. The molecule has 1 saturated heterocycles. The molecule has 2 N–H and O–H groups in total. The number of benzene rings is 1. The van der Waals surface area contributed by atoms with Crippen molar-refractivity contribution in [2.45, 2.75) is 6.92 Å². The molecule has 0 aliphatic carbocycles. The van der Waals surface area contributed by atoms with Gasteiger partial charge in [0, 0.05) is 18.7 Å². The fourth-order valence-corrected chi connectivity index (χ4v) is 2.99. The molecule has 3 rings (SSSR count). The summed E-state index contributed by atoms with van der Waals surface area (Å²) in [7, 11) is 1.59. The molecule has 0 spiro atoms. The number of methoxy groups -OCH3 is 1. The smallest absolute Gasteiger partial charge is 0.308 e. The second-order valence-electron chi connectivity index (χ2n) is 6.03. The molecule has 1 amide bonds. The number of aromatic nitrogens is 2. The first-order valence-electron chi connectivity index (χ1n) is 7.71. The van der Waals surface area contributed by atoms with Crippen molar-refractivity contribution in [3.05, 3.63) is 36.0 Å². The zero-order valence-electron chi connectivity index (χ0n) is 13.5. The summed E-state index contributed by atoms with van der Waals surface area (Å²) in [6.45, 7) is 2.51. The number of H-pyrrole nitrogens is 1. The summed E-state index contributed by atoms with van der Waals surface area (Å²) in [5.74, 6) is -0.963. The molecule has 1 aliphatic rings. The molecule has 2 heterocycles. The van der Waals surface area contributed by atoms with Gasteiger partial charge in [0.1, 0.15) is 11.4 Å². The standard InChI is InChI=1S/C17H19N3O4/c1-10-8-20(9-13(10)17(22)23)16(21)15-7-14(18-19-15)11-4-3-5-12(6-11)24-2/h3-7,10,13H,8-9H2,1-2H3,(H,18,19)(H,22,23)/t10-,13-/m1/s1. The molecule has 1 fully saturated rings. The zero-order chi connectivity index (χ0) is 17.3. The lowest BCUT2D eigenvalue weighted by molar-refractivity contribution is -0.142. The van der Waals surface area contributed by atoms with E-state index in [1.165, 1.54) is 0 Å². The molecule has 7 heteroatoms. The number of nitrogens with zero attached hydrogens (tertiary/aromatic N) is 2. The number of carboxylic acid groups (broad SMARTS) is 1. The lowest BCUT2D eigenvalue weighted by Gasteiger charge is -2.14. The summed E-state index contributed by atoms with van der Waals surface area (Å²) < 4.78 is 5.19. The van der Waals surface area contributed by atoms with E-state index in [0.717, 1.165) is 5.56 Å². The minimum Gasteiger partial charge on any atom is -0.497 e. The van der Waals surface area contributed by atoms with Crippen LogP contribution in [-0.4, -0.2) is 52.3 Å². The van der Waals surface area contributed by atoms with Gasteiger partial charge >= 0.3 is 5.97 Å². The maximum atomic E-state index is 12.6. The highest BCUT2D eigenvalue weighted by Crippen LogP contribution is 2.26. The van der Waals surface area contributed by atoms with E-state index in [2.05, 4.69) is 10.2 Å². The van der Waals surface area contributed by atoms with Crippen LogP contribution in [0.3, 0.4) is 0 Å². The van der Waals surface area contributed by atoms with Gasteiger partial charge in [-0.05, 0) is 24.1 Å². The highest BCUT2D eigenvalue weighted by Gasteiger charge is 2.37.